The lowest BCUT2D eigenvalue weighted by atomic mass is 10.1. The maximum atomic E-state index is 12.8. The molecule has 128 valence electrons. The highest BCUT2D eigenvalue weighted by Gasteiger charge is 2.31. The van der Waals surface area contributed by atoms with E-state index in [2.05, 4.69) is 4.74 Å². The molecule has 5 nitrogen and oxygen atoms in total. The number of carbonyl (C=O) groups is 2. The normalized spacial score (nSPS) is 11.2. The fourth-order valence-electron chi connectivity index (χ4n) is 1.86. The standard InChI is InChI=1S/C15H18F3NO4/c1-3-23-14(21)10-13(20)19(7-8-22-2)12-6-4-5-11(9-12)15(16,17)18/h4-6,9H,3,7-8,10H2,1-2H3. The predicted octanol–water partition coefficient (Wildman–Crippen LogP) is 2.64. The van der Waals surface area contributed by atoms with Crippen molar-refractivity contribution in [2.45, 2.75) is 19.5 Å². The van der Waals surface area contributed by atoms with E-state index in [-0.39, 0.29) is 25.4 Å². The zero-order chi connectivity index (χ0) is 17.5. The van der Waals surface area contributed by atoms with Gasteiger partial charge in [0.05, 0.1) is 18.8 Å². The molecular weight excluding hydrogens is 315 g/mol. The van der Waals surface area contributed by atoms with Crippen LogP contribution in [0.2, 0.25) is 0 Å². The molecule has 0 fully saturated rings. The molecular formula is C15H18F3NO4. The van der Waals surface area contributed by atoms with Crippen molar-refractivity contribution in [2.75, 3.05) is 31.8 Å². The summed E-state index contributed by atoms with van der Waals surface area (Å²) in [7, 11) is 1.40. The first-order valence-corrected chi connectivity index (χ1v) is 6.91. The average Bonchev–Trinajstić information content (AvgIpc) is 2.47. The van der Waals surface area contributed by atoms with Gasteiger partial charge in [-0.1, -0.05) is 6.07 Å². The first-order chi connectivity index (χ1) is 10.8. The third kappa shape index (κ3) is 5.90. The van der Waals surface area contributed by atoms with E-state index in [1.807, 2.05) is 0 Å². The van der Waals surface area contributed by atoms with Crippen molar-refractivity contribution in [3.05, 3.63) is 29.8 Å². The molecule has 0 radical (unpaired) electrons. The van der Waals surface area contributed by atoms with Gasteiger partial charge in [0.1, 0.15) is 6.42 Å². The van der Waals surface area contributed by atoms with Gasteiger partial charge in [0.25, 0.3) is 0 Å². The quantitative estimate of drug-likeness (QED) is 0.569. The number of rotatable bonds is 7. The van der Waals surface area contributed by atoms with Crippen LogP contribution in [0.3, 0.4) is 0 Å². The molecule has 0 aliphatic heterocycles. The number of carbonyl (C=O) groups excluding carboxylic acids is 2. The number of methoxy groups -OCH3 is 1. The highest BCUT2D eigenvalue weighted by atomic mass is 19.4. The van der Waals surface area contributed by atoms with Crippen LogP contribution >= 0.6 is 0 Å². The van der Waals surface area contributed by atoms with Gasteiger partial charge in [-0.05, 0) is 25.1 Å². The van der Waals surface area contributed by atoms with Gasteiger partial charge in [0, 0.05) is 19.3 Å². The Kier molecular flexibility index (Phi) is 7.02. The zero-order valence-corrected chi connectivity index (χ0v) is 12.9. The van der Waals surface area contributed by atoms with Crippen molar-refractivity contribution < 1.29 is 32.2 Å². The lowest BCUT2D eigenvalue weighted by molar-refractivity contribution is -0.145. The molecule has 0 bridgehead atoms. The molecule has 23 heavy (non-hydrogen) atoms. The van der Waals surface area contributed by atoms with Crippen LogP contribution in [0.4, 0.5) is 18.9 Å². The smallest absolute Gasteiger partial charge is 0.416 e. The summed E-state index contributed by atoms with van der Waals surface area (Å²) in [5.41, 5.74) is -0.826. The minimum Gasteiger partial charge on any atom is -0.466 e. The maximum absolute atomic E-state index is 12.8. The number of esters is 1. The minimum absolute atomic E-state index is 0.0239. The summed E-state index contributed by atoms with van der Waals surface area (Å²) in [6, 6.07) is 4.34. The fourth-order valence-corrected chi connectivity index (χ4v) is 1.86. The van der Waals surface area contributed by atoms with Gasteiger partial charge in [-0.3, -0.25) is 9.59 Å². The number of halogens is 3. The highest BCUT2D eigenvalue weighted by molar-refractivity contribution is 6.03. The number of ether oxygens (including phenoxy) is 2. The molecule has 0 unspecified atom stereocenters. The number of benzene rings is 1. The molecule has 1 rings (SSSR count). The molecule has 0 saturated carbocycles. The van der Waals surface area contributed by atoms with Crippen molar-refractivity contribution >= 4 is 17.6 Å². The summed E-state index contributed by atoms with van der Waals surface area (Å²) in [4.78, 5) is 24.7. The summed E-state index contributed by atoms with van der Waals surface area (Å²) in [5, 5.41) is 0. The van der Waals surface area contributed by atoms with Crippen LogP contribution < -0.4 is 4.90 Å². The van der Waals surface area contributed by atoms with Crippen LogP contribution in [0.25, 0.3) is 0 Å². The fraction of sp³-hybridized carbons (Fsp3) is 0.467. The molecule has 0 heterocycles. The van der Waals surface area contributed by atoms with E-state index in [0.29, 0.717) is 0 Å². The van der Waals surface area contributed by atoms with Gasteiger partial charge < -0.3 is 14.4 Å². The molecule has 0 aliphatic rings. The molecule has 1 aromatic carbocycles. The zero-order valence-electron chi connectivity index (χ0n) is 12.9. The van der Waals surface area contributed by atoms with Crippen molar-refractivity contribution in [2.24, 2.45) is 0 Å². The van der Waals surface area contributed by atoms with E-state index in [1.54, 1.807) is 6.92 Å². The second-order valence-corrected chi connectivity index (χ2v) is 4.57. The van der Waals surface area contributed by atoms with Crippen molar-refractivity contribution in [1.82, 2.24) is 0 Å². The second-order valence-electron chi connectivity index (χ2n) is 4.57. The van der Waals surface area contributed by atoms with Crippen LogP contribution in [0.1, 0.15) is 18.9 Å². The van der Waals surface area contributed by atoms with Gasteiger partial charge in [0.2, 0.25) is 5.91 Å². The summed E-state index contributed by atoms with van der Waals surface area (Å²) in [5.74, 6) is -1.38. The topological polar surface area (TPSA) is 55.8 Å². The van der Waals surface area contributed by atoms with E-state index < -0.39 is 30.0 Å². The number of hydrogen-bond donors (Lipinski definition) is 0. The highest BCUT2D eigenvalue weighted by Crippen LogP contribution is 2.31. The monoisotopic (exact) mass is 333 g/mol. The van der Waals surface area contributed by atoms with E-state index in [4.69, 9.17) is 4.74 Å². The van der Waals surface area contributed by atoms with Gasteiger partial charge in [0.15, 0.2) is 0 Å². The molecule has 0 N–H and O–H groups in total. The SMILES string of the molecule is CCOC(=O)CC(=O)N(CCOC)c1cccc(C(F)(F)F)c1. The average molecular weight is 333 g/mol. The van der Waals surface area contributed by atoms with E-state index in [0.717, 1.165) is 17.0 Å². The van der Waals surface area contributed by atoms with Crippen molar-refractivity contribution in [3.8, 4) is 0 Å². The van der Waals surface area contributed by atoms with E-state index in [1.165, 1.54) is 19.2 Å². The second kappa shape index (κ2) is 8.52. The summed E-state index contributed by atoms with van der Waals surface area (Å²) >= 11 is 0. The summed E-state index contributed by atoms with van der Waals surface area (Å²) in [6.07, 6.45) is -5.07. The molecule has 1 aromatic rings. The Labute approximate surface area is 132 Å². The predicted molar refractivity (Wildman–Crippen MR) is 76.9 cm³/mol. The van der Waals surface area contributed by atoms with Crippen LogP contribution in [0, 0.1) is 0 Å². The van der Waals surface area contributed by atoms with Crippen LogP contribution in [0.15, 0.2) is 24.3 Å². The number of nitrogens with zero attached hydrogens (tertiary/aromatic N) is 1. The Balaban J connectivity index is 3.01. The summed E-state index contributed by atoms with van der Waals surface area (Å²) < 4.78 is 47.9. The molecule has 8 heteroatoms. The Hall–Kier alpha value is -2.09. The van der Waals surface area contributed by atoms with Crippen LogP contribution in [0.5, 0.6) is 0 Å². The van der Waals surface area contributed by atoms with Gasteiger partial charge >= 0.3 is 12.1 Å². The molecule has 1 amide bonds. The molecule has 0 atom stereocenters. The third-order valence-corrected chi connectivity index (χ3v) is 2.91. The third-order valence-electron chi connectivity index (χ3n) is 2.91. The van der Waals surface area contributed by atoms with E-state index in [9.17, 15) is 22.8 Å². The Morgan fingerprint density at radius 1 is 1.26 bits per heavy atom. The first-order valence-electron chi connectivity index (χ1n) is 6.91. The molecule has 0 saturated heterocycles. The number of anilines is 1. The van der Waals surface area contributed by atoms with Crippen molar-refractivity contribution in [3.63, 3.8) is 0 Å². The van der Waals surface area contributed by atoms with Crippen molar-refractivity contribution in [1.29, 1.82) is 0 Å². The Bertz CT molecular complexity index is 546. The Morgan fingerprint density at radius 3 is 2.52 bits per heavy atom. The molecule has 0 spiro atoms. The number of hydrogen-bond acceptors (Lipinski definition) is 4. The molecule has 0 aromatic heterocycles. The minimum atomic E-state index is -4.52. The lowest BCUT2D eigenvalue weighted by Crippen LogP contribution is -2.35. The maximum Gasteiger partial charge on any atom is 0.416 e. The number of amides is 1. The van der Waals surface area contributed by atoms with Gasteiger partial charge in [-0.2, -0.15) is 13.2 Å². The number of alkyl halides is 3. The molecule has 0 aliphatic carbocycles. The largest absolute Gasteiger partial charge is 0.466 e. The van der Waals surface area contributed by atoms with Gasteiger partial charge in [-0.25, -0.2) is 0 Å². The van der Waals surface area contributed by atoms with Crippen LogP contribution in [-0.4, -0.2) is 38.7 Å². The van der Waals surface area contributed by atoms with Gasteiger partial charge in [-0.15, -0.1) is 0 Å². The summed E-state index contributed by atoms with van der Waals surface area (Å²) in [6.45, 7) is 1.85. The lowest BCUT2D eigenvalue weighted by Gasteiger charge is -2.23. The Morgan fingerprint density at radius 2 is 1.96 bits per heavy atom. The van der Waals surface area contributed by atoms with E-state index >= 15 is 0 Å². The van der Waals surface area contributed by atoms with Crippen LogP contribution in [-0.2, 0) is 25.2 Å². The first kappa shape index (κ1) is 19.0.